The van der Waals surface area contributed by atoms with Gasteiger partial charge in [-0.3, -0.25) is 0 Å². The summed E-state index contributed by atoms with van der Waals surface area (Å²) >= 11 is 0. The van der Waals surface area contributed by atoms with Gasteiger partial charge in [0.1, 0.15) is 5.60 Å². The van der Waals surface area contributed by atoms with Crippen LogP contribution in [0.1, 0.15) is 85.5 Å². The Morgan fingerprint density at radius 1 is 1.08 bits per heavy atom. The summed E-state index contributed by atoms with van der Waals surface area (Å²) in [5.41, 5.74) is -0.610. The maximum atomic E-state index is 11.7. The number of hydrogen-bond donors (Lipinski definition) is 3. The highest BCUT2D eigenvalue weighted by atomic mass is 16.6. The molecule has 0 unspecified atom stereocenters. The van der Waals surface area contributed by atoms with Gasteiger partial charge in [0.15, 0.2) is 0 Å². The fraction of sp³-hybridized carbons (Fsp3) is 0.850. The van der Waals surface area contributed by atoms with E-state index >= 15 is 0 Å². The van der Waals surface area contributed by atoms with Crippen LogP contribution in [0.5, 0.6) is 0 Å². The zero-order chi connectivity index (χ0) is 19.1. The molecule has 0 aromatic carbocycles. The van der Waals surface area contributed by atoms with Gasteiger partial charge in [0, 0.05) is 0 Å². The SMILES string of the molecule is CCCCCCCCCC/C=C/[C@H](O)[C@H](CO)NC(=O)OC(C)(C)C. The summed E-state index contributed by atoms with van der Waals surface area (Å²) in [6.07, 6.45) is 13.1. The van der Waals surface area contributed by atoms with Crippen molar-refractivity contribution in [2.24, 2.45) is 0 Å². The van der Waals surface area contributed by atoms with Crippen LogP contribution in [0, 0.1) is 0 Å². The molecule has 0 spiro atoms. The summed E-state index contributed by atoms with van der Waals surface area (Å²) in [7, 11) is 0. The topological polar surface area (TPSA) is 78.8 Å². The summed E-state index contributed by atoms with van der Waals surface area (Å²) in [6.45, 7) is 7.18. The fourth-order valence-corrected chi connectivity index (χ4v) is 2.46. The van der Waals surface area contributed by atoms with Crippen LogP contribution in [0.4, 0.5) is 4.79 Å². The number of aliphatic hydroxyl groups is 2. The second-order valence-corrected chi connectivity index (χ2v) is 7.62. The van der Waals surface area contributed by atoms with E-state index in [0.29, 0.717) is 0 Å². The second kappa shape index (κ2) is 14.1. The lowest BCUT2D eigenvalue weighted by Crippen LogP contribution is -2.47. The fourth-order valence-electron chi connectivity index (χ4n) is 2.46. The highest BCUT2D eigenvalue weighted by Crippen LogP contribution is 2.10. The first-order valence-corrected chi connectivity index (χ1v) is 9.75. The molecule has 0 aromatic rings. The molecule has 0 fully saturated rings. The first-order chi connectivity index (χ1) is 11.8. The van der Waals surface area contributed by atoms with Gasteiger partial charge in [-0.15, -0.1) is 0 Å². The number of amides is 1. The Morgan fingerprint density at radius 3 is 2.16 bits per heavy atom. The van der Waals surface area contributed by atoms with Crippen LogP contribution in [0.15, 0.2) is 12.2 Å². The maximum Gasteiger partial charge on any atom is 0.408 e. The maximum absolute atomic E-state index is 11.7. The number of nitrogens with one attached hydrogen (secondary N) is 1. The highest BCUT2D eigenvalue weighted by Gasteiger charge is 2.22. The lowest BCUT2D eigenvalue weighted by molar-refractivity contribution is 0.0405. The minimum Gasteiger partial charge on any atom is -0.444 e. The molecule has 0 aliphatic heterocycles. The molecule has 148 valence electrons. The summed E-state index contributed by atoms with van der Waals surface area (Å²) in [4.78, 5) is 11.7. The average molecular weight is 358 g/mol. The normalized spacial score (nSPS) is 14.5. The quantitative estimate of drug-likeness (QED) is 0.339. The molecule has 0 aliphatic rings. The number of hydrogen-bond acceptors (Lipinski definition) is 4. The van der Waals surface area contributed by atoms with Crippen molar-refractivity contribution in [1.29, 1.82) is 0 Å². The number of carbonyl (C=O) groups is 1. The predicted molar refractivity (Wildman–Crippen MR) is 103 cm³/mol. The van der Waals surface area contributed by atoms with E-state index in [2.05, 4.69) is 12.2 Å². The summed E-state index contributed by atoms with van der Waals surface area (Å²) in [6, 6.07) is -0.760. The van der Waals surface area contributed by atoms with Gasteiger partial charge in [0.2, 0.25) is 0 Å². The van der Waals surface area contributed by atoms with Crippen molar-refractivity contribution >= 4 is 6.09 Å². The summed E-state index contributed by atoms with van der Waals surface area (Å²) in [5, 5.41) is 21.9. The van der Waals surface area contributed by atoms with Crippen LogP contribution in [-0.4, -0.2) is 40.7 Å². The summed E-state index contributed by atoms with van der Waals surface area (Å²) in [5.74, 6) is 0. The number of alkyl carbamates (subject to hydrolysis) is 1. The number of ether oxygens (including phenoxy) is 1. The number of allylic oxidation sites excluding steroid dienone is 1. The van der Waals surface area contributed by atoms with Crippen molar-refractivity contribution in [3.05, 3.63) is 12.2 Å². The minimum atomic E-state index is -0.924. The Labute approximate surface area is 153 Å². The predicted octanol–water partition coefficient (Wildman–Crippen LogP) is 4.32. The zero-order valence-electron chi connectivity index (χ0n) is 16.6. The Balaban J connectivity index is 3.90. The van der Waals surface area contributed by atoms with Crippen LogP contribution < -0.4 is 5.32 Å². The molecule has 25 heavy (non-hydrogen) atoms. The number of unbranched alkanes of at least 4 members (excludes halogenated alkanes) is 8. The van der Waals surface area contributed by atoms with Crippen LogP contribution in [0.2, 0.25) is 0 Å². The van der Waals surface area contributed by atoms with E-state index in [9.17, 15) is 15.0 Å². The van der Waals surface area contributed by atoms with Crippen LogP contribution in [0.3, 0.4) is 0 Å². The van der Waals surface area contributed by atoms with Gasteiger partial charge in [-0.1, -0.05) is 64.0 Å². The van der Waals surface area contributed by atoms with Crippen LogP contribution in [0.25, 0.3) is 0 Å². The van der Waals surface area contributed by atoms with Gasteiger partial charge in [0.05, 0.1) is 18.8 Å². The Kier molecular flexibility index (Phi) is 13.5. The molecule has 5 heteroatoms. The van der Waals surface area contributed by atoms with E-state index in [4.69, 9.17) is 4.74 Å². The molecule has 0 bridgehead atoms. The molecule has 5 nitrogen and oxygen atoms in total. The largest absolute Gasteiger partial charge is 0.444 e. The van der Waals surface area contributed by atoms with Crippen molar-refractivity contribution in [2.45, 2.75) is 103 Å². The van der Waals surface area contributed by atoms with E-state index in [-0.39, 0.29) is 6.61 Å². The molecule has 0 rings (SSSR count). The molecule has 0 saturated heterocycles. The first kappa shape index (κ1) is 23.9. The van der Waals surface area contributed by atoms with Gasteiger partial charge in [-0.25, -0.2) is 4.79 Å². The number of rotatable bonds is 13. The molecule has 0 radical (unpaired) electrons. The van der Waals surface area contributed by atoms with Crippen molar-refractivity contribution in [2.75, 3.05) is 6.61 Å². The van der Waals surface area contributed by atoms with Crippen molar-refractivity contribution < 1.29 is 19.7 Å². The molecule has 0 heterocycles. The lowest BCUT2D eigenvalue weighted by atomic mass is 10.1. The number of aliphatic hydroxyl groups excluding tert-OH is 2. The Morgan fingerprint density at radius 2 is 1.64 bits per heavy atom. The molecular weight excluding hydrogens is 318 g/mol. The Hall–Kier alpha value is -1.07. The van der Waals surface area contributed by atoms with Gasteiger partial charge < -0.3 is 20.3 Å². The van der Waals surface area contributed by atoms with Gasteiger partial charge in [0.25, 0.3) is 0 Å². The second-order valence-electron chi connectivity index (χ2n) is 7.62. The minimum absolute atomic E-state index is 0.345. The molecule has 0 aromatic heterocycles. The third-order valence-corrected chi connectivity index (χ3v) is 3.87. The van der Waals surface area contributed by atoms with Crippen molar-refractivity contribution in [3.8, 4) is 0 Å². The van der Waals surface area contributed by atoms with Crippen LogP contribution >= 0.6 is 0 Å². The van der Waals surface area contributed by atoms with E-state index < -0.39 is 23.8 Å². The van der Waals surface area contributed by atoms with Crippen molar-refractivity contribution in [3.63, 3.8) is 0 Å². The standard InChI is InChI=1S/C20H39NO4/c1-5-6-7-8-9-10-11-12-13-14-15-18(23)17(16-22)21-19(24)25-20(2,3)4/h14-15,17-18,22-23H,5-13,16H2,1-4H3,(H,21,24)/b15-14+/t17-,18-/m0/s1. The van der Waals surface area contributed by atoms with E-state index in [1.807, 2.05) is 6.08 Å². The Bertz CT molecular complexity index is 363. The monoisotopic (exact) mass is 357 g/mol. The molecule has 3 N–H and O–H groups in total. The average Bonchev–Trinajstić information content (AvgIpc) is 2.52. The molecule has 1 amide bonds. The summed E-state index contributed by atoms with van der Waals surface area (Å²) < 4.78 is 5.13. The molecule has 0 aliphatic carbocycles. The zero-order valence-corrected chi connectivity index (χ0v) is 16.6. The highest BCUT2D eigenvalue weighted by molar-refractivity contribution is 5.68. The van der Waals surface area contributed by atoms with Gasteiger partial charge in [-0.05, 0) is 33.6 Å². The van der Waals surface area contributed by atoms with E-state index in [0.717, 1.165) is 12.8 Å². The third-order valence-electron chi connectivity index (χ3n) is 3.87. The number of carbonyl (C=O) groups excluding carboxylic acids is 1. The van der Waals surface area contributed by atoms with Crippen molar-refractivity contribution in [1.82, 2.24) is 5.32 Å². The van der Waals surface area contributed by atoms with Crippen LogP contribution in [-0.2, 0) is 4.74 Å². The van der Waals surface area contributed by atoms with E-state index in [1.54, 1.807) is 26.8 Å². The smallest absolute Gasteiger partial charge is 0.408 e. The van der Waals surface area contributed by atoms with Gasteiger partial charge >= 0.3 is 6.09 Å². The molecular formula is C20H39NO4. The van der Waals surface area contributed by atoms with Gasteiger partial charge in [-0.2, -0.15) is 0 Å². The first-order valence-electron chi connectivity index (χ1n) is 9.75. The molecule has 0 saturated carbocycles. The lowest BCUT2D eigenvalue weighted by Gasteiger charge is -2.24. The molecule has 2 atom stereocenters. The third kappa shape index (κ3) is 14.9. The van der Waals surface area contributed by atoms with E-state index in [1.165, 1.54) is 44.9 Å².